The van der Waals surface area contributed by atoms with Gasteiger partial charge in [0.05, 0.1) is 6.04 Å². The van der Waals surface area contributed by atoms with E-state index >= 15 is 0 Å². The topological polar surface area (TPSA) is 25.2 Å². The molecule has 0 radical (unpaired) electrons. The molecule has 0 saturated heterocycles. The molecule has 108 valence electrons. The Morgan fingerprint density at radius 1 is 1.30 bits per heavy atom. The van der Waals surface area contributed by atoms with Crippen LogP contribution in [0.1, 0.15) is 36.3 Å². The second-order valence-corrected chi connectivity index (χ2v) is 5.30. The quantitative estimate of drug-likeness (QED) is 0.838. The summed E-state index contributed by atoms with van der Waals surface area (Å²) in [6.07, 6.45) is 1.78. The SMILES string of the molecule is CCCNC(Cc1ccc(F)cc1C)c1ccc(Cl)o1. The molecule has 1 heterocycles. The number of aryl methyl sites for hydroxylation is 1. The predicted molar refractivity (Wildman–Crippen MR) is 79.6 cm³/mol. The lowest BCUT2D eigenvalue weighted by Gasteiger charge is -2.17. The van der Waals surface area contributed by atoms with Gasteiger partial charge in [-0.15, -0.1) is 0 Å². The van der Waals surface area contributed by atoms with Crippen molar-refractivity contribution in [3.63, 3.8) is 0 Å². The van der Waals surface area contributed by atoms with E-state index < -0.39 is 0 Å². The molecule has 0 aliphatic rings. The van der Waals surface area contributed by atoms with Crippen molar-refractivity contribution in [1.29, 1.82) is 0 Å². The Bertz CT molecular complexity index is 567. The highest BCUT2D eigenvalue weighted by atomic mass is 35.5. The fourth-order valence-corrected chi connectivity index (χ4v) is 2.37. The molecule has 1 aromatic heterocycles. The van der Waals surface area contributed by atoms with Crippen LogP contribution < -0.4 is 5.32 Å². The Hall–Kier alpha value is -1.32. The maximum Gasteiger partial charge on any atom is 0.193 e. The van der Waals surface area contributed by atoms with Gasteiger partial charge in [0.2, 0.25) is 0 Å². The predicted octanol–water partition coefficient (Wildman–Crippen LogP) is 4.66. The van der Waals surface area contributed by atoms with E-state index in [0.29, 0.717) is 5.22 Å². The third-order valence-electron chi connectivity index (χ3n) is 3.31. The van der Waals surface area contributed by atoms with Gasteiger partial charge in [0, 0.05) is 0 Å². The van der Waals surface area contributed by atoms with Gasteiger partial charge in [-0.1, -0.05) is 13.0 Å². The number of hydrogen-bond acceptors (Lipinski definition) is 2. The first-order valence-electron chi connectivity index (χ1n) is 6.83. The highest BCUT2D eigenvalue weighted by Gasteiger charge is 2.16. The van der Waals surface area contributed by atoms with Crippen molar-refractivity contribution in [2.45, 2.75) is 32.7 Å². The normalized spacial score (nSPS) is 12.6. The van der Waals surface area contributed by atoms with E-state index in [9.17, 15) is 4.39 Å². The first-order valence-corrected chi connectivity index (χ1v) is 7.21. The standard InChI is InChI=1S/C16H19ClFNO/c1-3-8-19-14(15-6-7-16(17)20-15)10-12-4-5-13(18)9-11(12)2/h4-7,9,14,19H,3,8,10H2,1-2H3. The van der Waals surface area contributed by atoms with Crippen LogP contribution in [0.3, 0.4) is 0 Å². The summed E-state index contributed by atoms with van der Waals surface area (Å²) in [5, 5.41) is 3.83. The summed E-state index contributed by atoms with van der Waals surface area (Å²) in [6.45, 7) is 4.93. The lowest BCUT2D eigenvalue weighted by molar-refractivity contribution is 0.411. The number of hydrogen-bond donors (Lipinski definition) is 1. The van der Waals surface area contributed by atoms with Gasteiger partial charge in [0.1, 0.15) is 11.6 Å². The van der Waals surface area contributed by atoms with Crippen LogP contribution in [-0.4, -0.2) is 6.54 Å². The van der Waals surface area contributed by atoms with E-state index in [-0.39, 0.29) is 11.9 Å². The van der Waals surface area contributed by atoms with E-state index in [4.69, 9.17) is 16.0 Å². The number of benzene rings is 1. The van der Waals surface area contributed by atoms with Crippen LogP contribution in [0.5, 0.6) is 0 Å². The van der Waals surface area contributed by atoms with Crippen molar-refractivity contribution < 1.29 is 8.81 Å². The van der Waals surface area contributed by atoms with Crippen LogP contribution in [0.2, 0.25) is 5.22 Å². The number of nitrogens with one attached hydrogen (secondary N) is 1. The average Bonchev–Trinajstić information content (AvgIpc) is 2.83. The fourth-order valence-electron chi connectivity index (χ4n) is 2.22. The summed E-state index contributed by atoms with van der Waals surface area (Å²) in [4.78, 5) is 0. The highest BCUT2D eigenvalue weighted by Crippen LogP contribution is 2.24. The van der Waals surface area contributed by atoms with Crippen LogP contribution in [0.15, 0.2) is 34.7 Å². The van der Waals surface area contributed by atoms with Gasteiger partial charge in [-0.25, -0.2) is 4.39 Å². The minimum Gasteiger partial charge on any atom is -0.448 e. The molecular formula is C16H19ClFNO. The minimum absolute atomic E-state index is 0.0478. The summed E-state index contributed by atoms with van der Waals surface area (Å²) in [5.74, 6) is 0.609. The molecule has 1 aromatic carbocycles. The lowest BCUT2D eigenvalue weighted by atomic mass is 9.99. The van der Waals surface area contributed by atoms with E-state index in [1.54, 1.807) is 12.1 Å². The molecule has 20 heavy (non-hydrogen) atoms. The zero-order chi connectivity index (χ0) is 14.5. The van der Waals surface area contributed by atoms with Crippen molar-refractivity contribution in [1.82, 2.24) is 5.32 Å². The van der Waals surface area contributed by atoms with Crippen molar-refractivity contribution in [2.75, 3.05) is 6.54 Å². The van der Waals surface area contributed by atoms with E-state index in [1.807, 2.05) is 19.1 Å². The van der Waals surface area contributed by atoms with Crippen LogP contribution in [-0.2, 0) is 6.42 Å². The van der Waals surface area contributed by atoms with Gasteiger partial charge >= 0.3 is 0 Å². The number of rotatable bonds is 6. The van der Waals surface area contributed by atoms with Crippen molar-refractivity contribution in [2.24, 2.45) is 0 Å². The Morgan fingerprint density at radius 2 is 2.10 bits per heavy atom. The first kappa shape index (κ1) is 15.1. The van der Waals surface area contributed by atoms with Crippen LogP contribution in [0.25, 0.3) is 0 Å². The fraction of sp³-hybridized carbons (Fsp3) is 0.375. The maximum atomic E-state index is 13.2. The number of halogens is 2. The molecule has 0 amide bonds. The molecule has 0 spiro atoms. The molecule has 0 bridgehead atoms. The average molecular weight is 296 g/mol. The van der Waals surface area contributed by atoms with E-state index in [1.165, 1.54) is 6.07 Å². The monoisotopic (exact) mass is 295 g/mol. The Kier molecular flexibility index (Phi) is 5.21. The number of furan rings is 1. The van der Waals surface area contributed by atoms with Crippen molar-refractivity contribution >= 4 is 11.6 Å². The van der Waals surface area contributed by atoms with Crippen molar-refractivity contribution in [3.8, 4) is 0 Å². The molecule has 1 N–H and O–H groups in total. The molecule has 0 aliphatic heterocycles. The molecule has 0 aliphatic carbocycles. The largest absolute Gasteiger partial charge is 0.448 e. The third kappa shape index (κ3) is 3.84. The molecule has 2 nitrogen and oxygen atoms in total. The van der Waals surface area contributed by atoms with Gasteiger partial charge in [0.15, 0.2) is 5.22 Å². The highest BCUT2D eigenvalue weighted by molar-refractivity contribution is 6.28. The van der Waals surface area contributed by atoms with Gasteiger partial charge in [-0.2, -0.15) is 0 Å². The van der Waals surface area contributed by atoms with Crippen LogP contribution in [0.4, 0.5) is 4.39 Å². The summed E-state index contributed by atoms with van der Waals surface area (Å²) >= 11 is 5.85. The Morgan fingerprint density at radius 3 is 2.70 bits per heavy atom. The molecule has 1 atom stereocenters. The summed E-state index contributed by atoms with van der Waals surface area (Å²) in [7, 11) is 0. The van der Waals surface area contributed by atoms with Gasteiger partial charge in [-0.3, -0.25) is 0 Å². The molecular weight excluding hydrogens is 277 g/mol. The van der Waals surface area contributed by atoms with Crippen LogP contribution in [0, 0.1) is 12.7 Å². The van der Waals surface area contributed by atoms with E-state index in [0.717, 1.165) is 36.3 Å². The second kappa shape index (κ2) is 6.91. The van der Waals surface area contributed by atoms with Crippen LogP contribution >= 0.6 is 11.6 Å². The Labute approximate surface area is 123 Å². The zero-order valence-corrected chi connectivity index (χ0v) is 12.5. The molecule has 2 aromatic rings. The zero-order valence-electron chi connectivity index (χ0n) is 11.7. The van der Waals surface area contributed by atoms with Gasteiger partial charge in [0.25, 0.3) is 0 Å². The first-order chi connectivity index (χ1) is 9.60. The summed E-state index contributed by atoms with van der Waals surface area (Å²) < 4.78 is 18.7. The lowest BCUT2D eigenvalue weighted by Crippen LogP contribution is -2.24. The van der Waals surface area contributed by atoms with Gasteiger partial charge in [-0.05, 0) is 73.3 Å². The van der Waals surface area contributed by atoms with Gasteiger partial charge < -0.3 is 9.73 Å². The molecule has 2 rings (SSSR count). The van der Waals surface area contributed by atoms with E-state index in [2.05, 4.69) is 12.2 Å². The second-order valence-electron chi connectivity index (χ2n) is 4.92. The molecule has 1 unspecified atom stereocenters. The van der Waals surface area contributed by atoms with Crippen molar-refractivity contribution in [3.05, 3.63) is 58.3 Å². The molecule has 0 fully saturated rings. The maximum absolute atomic E-state index is 13.2. The Balaban J connectivity index is 2.18. The summed E-state index contributed by atoms with van der Waals surface area (Å²) in [5.41, 5.74) is 2.05. The smallest absolute Gasteiger partial charge is 0.193 e. The minimum atomic E-state index is -0.203. The third-order valence-corrected chi connectivity index (χ3v) is 3.51. The summed E-state index contributed by atoms with van der Waals surface area (Å²) in [6, 6.07) is 8.56. The molecule has 0 saturated carbocycles. The molecule has 4 heteroatoms.